The summed E-state index contributed by atoms with van der Waals surface area (Å²) in [6.07, 6.45) is 1.64. The van der Waals surface area contributed by atoms with Crippen LogP contribution in [0, 0.1) is 6.92 Å². The fourth-order valence-electron chi connectivity index (χ4n) is 3.74. The highest BCUT2D eigenvalue weighted by Gasteiger charge is 2.11. The maximum absolute atomic E-state index is 12.5. The fourth-order valence-corrected chi connectivity index (χ4v) is 3.86. The van der Waals surface area contributed by atoms with Crippen LogP contribution in [0.25, 0.3) is 22.2 Å². The van der Waals surface area contributed by atoms with Crippen LogP contribution in [0.3, 0.4) is 0 Å². The topological polar surface area (TPSA) is 95.2 Å². The minimum atomic E-state index is -0.375. The first-order valence-electron chi connectivity index (χ1n) is 11.0. The molecule has 3 N–H and O–H groups in total. The van der Waals surface area contributed by atoms with E-state index in [2.05, 4.69) is 25.7 Å². The van der Waals surface area contributed by atoms with E-state index in [9.17, 15) is 4.79 Å². The molecule has 0 aliphatic carbocycles. The van der Waals surface area contributed by atoms with Gasteiger partial charge in [0.1, 0.15) is 18.1 Å². The SMILES string of the molecule is Cc1[nH]c2ccccc2c1/C=N\NC(=O)c1cc(-c2ccc(OCc3ccc(Cl)cc3)cc2)n[nH]1. The predicted molar refractivity (Wildman–Crippen MR) is 138 cm³/mol. The van der Waals surface area contributed by atoms with Crippen molar-refractivity contribution in [2.45, 2.75) is 13.5 Å². The number of hydrogen-bond acceptors (Lipinski definition) is 4. The van der Waals surface area contributed by atoms with Crippen molar-refractivity contribution in [3.8, 4) is 17.0 Å². The summed E-state index contributed by atoms with van der Waals surface area (Å²) >= 11 is 5.91. The van der Waals surface area contributed by atoms with Crippen molar-refractivity contribution in [2.75, 3.05) is 0 Å². The van der Waals surface area contributed by atoms with E-state index in [0.29, 0.717) is 23.0 Å². The molecule has 174 valence electrons. The summed E-state index contributed by atoms with van der Waals surface area (Å²) in [5.41, 5.74) is 8.35. The van der Waals surface area contributed by atoms with E-state index in [1.54, 1.807) is 12.3 Å². The van der Waals surface area contributed by atoms with E-state index in [1.807, 2.05) is 79.7 Å². The van der Waals surface area contributed by atoms with Gasteiger partial charge in [0.15, 0.2) is 0 Å². The van der Waals surface area contributed by atoms with Gasteiger partial charge < -0.3 is 9.72 Å². The third kappa shape index (κ3) is 5.10. The Kier molecular flexibility index (Phi) is 6.32. The van der Waals surface area contributed by atoms with Crippen molar-refractivity contribution in [1.82, 2.24) is 20.6 Å². The highest BCUT2D eigenvalue weighted by molar-refractivity contribution is 6.30. The zero-order chi connectivity index (χ0) is 24.2. The van der Waals surface area contributed by atoms with Gasteiger partial charge in [0.05, 0.1) is 11.9 Å². The number of ether oxygens (including phenoxy) is 1. The maximum Gasteiger partial charge on any atom is 0.289 e. The summed E-state index contributed by atoms with van der Waals surface area (Å²) in [4.78, 5) is 15.8. The molecular weight excluding hydrogens is 462 g/mol. The average Bonchev–Trinajstić information content (AvgIpc) is 3.49. The van der Waals surface area contributed by atoms with Crippen molar-refractivity contribution < 1.29 is 9.53 Å². The number of fused-ring (bicyclic) bond motifs is 1. The molecule has 3 aromatic carbocycles. The van der Waals surface area contributed by atoms with E-state index in [0.717, 1.165) is 39.0 Å². The Labute approximate surface area is 206 Å². The number of halogens is 1. The summed E-state index contributed by atoms with van der Waals surface area (Å²) < 4.78 is 5.82. The number of aromatic nitrogens is 3. The molecule has 5 rings (SSSR count). The van der Waals surface area contributed by atoms with Crippen LogP contribution >= 0.6 is 11.6 Å². The maximum atomic E-state index is 12.5. The molecule has 7 nitrogen and oxygen atoms in total. The van der Waals surface area contributed by atoms with E-state index in [1.165, 1.54) is 0 Å². The van der Waals surface area contributed by atoms with Crippen molar-refractivity contribution >= 4 is 34.6 Å². The number of hydrogen-bond donors (Lipinski definition) is 3. The normalized spacial score (nSPS) is 11.3. The number of para-hydroxylation sites is 1. The van der Waals surface area contributed by atoms with Crippen LogP contribution in [0.5, 0.6) is 5.75 Å². The van der Waals surface area contributed by atoms with Crippen LogP contribution in [-0.2, 0) is 6.61 Å². The number of aryl methyl sites for hydroxylation is 1. The van der Waals surface area contributed by atoms with Gasteiger partial charge in [0, 0.05) is 32.7 Å². The van der Waals surface area contributed by atoms with Crippen LogP contribution in [0.15, 0.2) is 84.0 Å². The molecule has 0 aliphatic rings. The Balaban J connectivity index is 1.20. The first-order chi connectivity index (χ1) is 17.1. The number of nitrogens with one attached hydrogen (secondary N) is 3. The number of H-pyrrole nitrogens is 2. The molecule has 0 spiro atoms. The first kappa shape index (κ1) is 22.4. The van der Waals surface area contributed by atoms with Gasteiger partial charge in [-0.25, -0.2) is 5.43 Å². The number of rotatable bonds is 7. The number of benzene rings is 3. The molecule has 2 aromatic heterocycles. The van der Waals surface area contributed by atoms with E-state index in [4.69, 9.17) is 16.3 Å². The minimum absolute atomic E-state index is 0.316. The molecule has 0 aliphatic heterocycles. The minimum Gasteiger partial charge on any atom is -0.489 e. The molecule has 0 radical (unpaired) electrons. The van der Waals surface area contributed by atoms with Gasteiger partial charge in [-0.05, 0) is 61.0 Å². The van der Waals surface area contributed by atoms with E-state index < -0.39 is 0 Å². The largest absolute Gasteiger partial charge is 0.489 e. The van der Waals surface area contributed by atoms with Gasteiger partial charge in [-0.2, -0.15) is 10.2 Å². The second-order valence-electron chi connectivity index (χ2n) is 8.01. The Hall–Kier alpha value is -4.36. The molecule has 8 heteroatoms. The van der Waals surface area contributed by atoms with Crippen LogP contribution in [0.1, 0.15) is 27.3 Å². The number of aromatic amines is 2. The van der Waals surface area contributed by atoms with Crippen LogP contribution in [-0.4, -0.2) is 27.3 Å². The van der Waals surface area contributed by atoms with Gasteiger partial charge >= 0.3 is 0 Å². The Morgan fingerprint density at radius 3 is 2.66 bits per heavy atom. The third-order valence-corrected chi connectivity index (χ3v) is 5.85. The highest BCUT2D eigenvalue weighted by Crippen LogP contribution is 2.23. The van der Waals surface area contributed by atoms with Gasteiger partial charge in [-0.3, -0.25) is 9.89 Å². The average molecular weight is 484 g/mol. The van der Waals surface area contributed by atoms with Crippen LogP contribution in [0.2, 0.25) is 5.02 Å². The summed E-state index contributed by atoms with van der Waals surface area (Å²) in [6, 6.07) is 24.7. The number of carbonyl (C=O) groups is 1. The Morgan fingerprint density at radius 2 is 1.86 bits per heavy atom. The third-order valence-electron chi connectivity index (χ3n) is 5.59. The molecule has 1 amide bonds. The lowest BCUT2D eigenvalue weighted by Gasteiger charge is -2.07. The van der Waals surface area contributed by atoms with E-state index in [-0.39, 0.29) is 5.91 Å². The summed E-state index contributed by atoms with van der Waals surface area (Å²) in [5.74, 6) is 0.361. The van der Waals surface area contributed by atoms with Gasteiger partial charge in [-0.1, -0.05) is 41.9 Å². The Bertz CT molecular complexity index is 1500. The van der Waals surface area contributed by atoms with Crippen molar-refractivity contribution in [2.24, 2.45) is 5.10 Å². The standard InChI is InChI=1S/C27H22ClN5O2/c1-17-23(22-4-2-3-5-24(22)30-17)15-29-33-27(34)26-14-25(31-32-26)19-8-12-21(13-9-19)35-16-18-6-10-20(28)11-7-18/h2-15,30H,16H2,1H3,(H,31,32)(H,33,34)/b29-15-. The number of hydrazone groups is 1. The molecule has 5 aromatic rings. The summed E-state index contributed by atoms with van der Waals surface area (Å²) in [7, 11) is 0. The number of amides is 1. The van der Waals surface area contributed by atoms with Crippen LogP contribution in [0.4, 0.5) is 0 Å². The second kappa shape index (κ2) is 9.87. The quantitative estimate of drug-likeness (QED) is 0.200. The molecule has 0 bridgehead atoms. The molecular formula is C27H22ClN5O2. The number of nitrogens with zero attached hydrogens (tertiary/aromatic N) is 2. The smallest absolute Gasteiger partial charge is 0.289 e. The Morgan fingerprint density at radius 1 is 1.09 bits per heavy atom. The van der Waals surface area contributed by atoms with Gasteiger partial charge in [0.2, 0.25) is 0 Å². The molecule has 0 saturated carbocycles. The van der Waals surface area contributed by atoms with Crippen molar-refractivity contribution in [3.05, 3.63) is 106 Å². The predicted octanol–water partition coefficient (Wildman–Crippen LogP) is 5.86. The lowest BCUT2D eigenvalue weighted by atomic mass is 10.1. The molecule has 0 saturated heterocycles. The first-order valence-corrected chi connectivity index (χ1v) is 11.4. The highest BCUT2D eigenvalue weighted by atomic mass is 35.5. The monoisotopic (exact) mass is 483 g/mol. The van der Waals surface area contributed by atoms with E-state index >= 15 is 0 Å². The molecule has 2 heterocycles. The molecule has 0 fully saturated rings. The van der Waals surface area contributed by atoms with Gasteiger partial charge in [-0.15, -0.1) is 0 Å². The van der Waals surface area contributed by atoms with Crippen molar-refractivity contribution in [1.29, 1.82) is 0 Å². The second-order valence-corrected chi connectivity index (χ2v) is 8.45. The summed E-state index contributed by atoms with van der Waals surface area (Å²) in [6.45, 7) is 2.42. The molecule has 0 atom stereocenters. The number of carbonyl (C=O) groups excluding carboxylic acids is 1. The molecule has 35 heavy (non-hydrogen) atoms. The van der Waals surface area contributed by atoms with Crippen LogP contribution < -0.4 is 10.2 Å². The zero-order valence-electron chi connectivity index (χ0n) is 18.9. The van der Waals surface area contributed by atoms with Gasteiger partial charge in [0.25, 0.3) is 5.91 Å². The lowest BCUT2D eigenvalue weighted by molar-refractivity contribution is 0.0950. The fraction of sp³-hybridized carbons (Fsp3) is 0.0741. The van der Waals surface area contributed by atoms with Crippen molar-refractivity contribution in [3.63, 3.8) is 0 Å². The zero-order valence-corrected chi connectivity index (χ0v) is 19.6. The lowest BCUT2D eigenvalue weighted by Crippen LogP contribution is -2.18. The molecule has 0 unspecified atom stereocenters. The summed E-state index contributed by atoms with van der Waals surface area (Å²) in [5, 5.41) is 12.9.